The van der Waals surface area contributed by atoms with E-state index in [1.54, 1.807) is 24.7 Å². The van der Waals surface area contributed by atoms with Crippen molar-refractivity contribution >= 4 is 22.1 Å². The second-order valence-electron chi connectivity index (χ2n) is 4.05. The van der Waals surface area contributed by atoms with Crippen LogP contribution >= 0.6 is 0 Å². The molecule has 5 nitrogen and oxygen atoms in total. The van der Waals surface area contributed by atoms with E-state index in [0.29, 0.717) is 0 Å². The summed E-state index contributed by atoms with van der Waals surface area (Å²) in [4.78, 5) is 9.99. The summed E-state index contributed by atoms with van der Waals surface area (Å²) in [6.07, 6.45) is 7.03. The van der Waals surface area contributed by atoms with Crippen LogP contribution in [-0.4, -0.2) is 20.2 Å². The molecule has 0 bridgehead atoms. The number of nitrogens with zero attached hydrogens (tertiary/aromatic N) is 2. The van der Waals surface area contributed by atoms with Crippen molar-refractivity contribution in [3.8, 4) is 0 Å². The highest BCUT2D eigenvalue weighted by Crippen LogP contribution is 2.06. The summed E-state index contributed by atoms with van der Waals surface area (Å²) in [5, 5.41) is 11.3. The molecule has 0 aliphatic carbocycles. The van der Waals surface area contributed by atoms with E-state index in [4.69, 9.17) is 5.21 Å². The number of aromatic amines is 2. The third-order valence-electron chi connectivity index (χ3n) is 2.81. The van der Waals surface area contributed by atoms with Crippen LogP contribution in [0.15, 0.2) is 61.2 Å². The molecular formula is C14H13N4O+. The lowest BCUT2D eigenvalue weighted by atomic mass is 10.3. The van der Waals surface area contributed by atoms with Gasteiger partial charge < -0.3 is 10.2 Å². The van der Waals surface area contributed by atoms with E-state index in [0.717, 1.165) is 26.8 Å². The average molecular weight is 253 g/mol. The molecule has 4 heterocycles. The van der Waals surface area contributed by atoms with E-state index in [2.05, 4.69) is 15.0 Å². The molecule has 4 aromatic heterocycles. The molecule has 0 spiro atoms. The van der Waals surface area contributed by atoms with Crippen molar-refractivity contribution in [2.45, 2.75) is 0 Å². The van der Waals surface area contributed by atoms with Gasteiger partial charge in [-0.05, 0) is 36.4 Å². The predicted octanol–water partition coefficient (Wildman–Crippen LogP) is 2.26. The van der Waals surface area contributed by atoms with E-state index >= 15 is 0 Å². The van der Waals surface area contributed by atoms with Gasteiger partial charge in [-0.2, -0.15) is 0 Å². The van der Waals surface area contributed by atoms with Crippen LogP contribution in [0, 0.1) is 0 Å². The average Bonchev–Trinajstić information content (AvgIpc) is 3.08. The zero-order valence-electron chi connectivity index (χ0n) is 10.1. The van der Waals surface area contributed by atoms with Crippen molar-refractivity contribution in [1.82, 2.24) is 15.0 Å². The monoisotopic (exact) mass is 253 g/mol. The van der Waals surface area contributed by atoms with Gasteiger partial charge in [-0.1, -0.05) is 4.73 Å². The van der Waals surface area contributed by atoms with E-state index in [-0.39, 0.29) is 0 Å². The number of nitrogens with one attached hydrogen (secondary N) is 2. The standard InChI is InChI=1S/C7H6N2O.C7H6N2/c10-9-5-1-2-6-3-4-8-7(6)9;1-2-6-3-5-9-7(6)8-4-1/h1-5,10H;1-5H,(H,8,9)/p+1. The summed E-state index contributed by atoms with van der Waals surface area (Å²) in [7, 11) is 0. The van der Waals surface area contributed by atoms with Crippen LogP contribution in [0.4, 0.5) is 0 Å². The molecule has 0 amide bonds. The molecule has 4 rings (SSSR count). The van der Waals surface area contributed by atoms with Crippen molar-refractivity contribution in [3.05, 3.63) is 61.2 Å². The van der Waals surface area contributed by atoms with Gasteiger partial charge in [0.25, 0.3) is 0 Å². The third kappa shape index (κ3) is 2.26. The first kappa shape index (κ1) is 11.3. The van der Waals surface area contributed by atoms with Gasteiger partial charge in [0.15, 0.2) is 0 Å². The Morgan fingerprint density at radius 3 is 2.58 bits per heavy atom. The summed E-state index contributed by atoms with van der Waals surface area (Å²) in [6, 6.07) is 11.6. The first-order valence-electron chi connectivity index (χ1n) is 5.90. The van der Waals surface area contributed by atoms with E-state index in [1.165, 1.54) is 0 Å². The SMILES string of the molecule is O[n+]1cccc2cc[nH]c21.c1cnc2[nH]ccc2c1. The molecule has 0 aromatic carbocycles. The summed E-state index contributed by atoms with van der Waals surface area (Å²) < 4.78 is 1.06. The Morgan fingerprint density at radius 2 is 1.74 bits per heavy atom. The van der Waals surface area contributed by atoms with E-state index in [9.17, 15) is 0 Å². The first-order valence-corrected chi connectivity index (χ1v) is 5.90. The minimum atomic E-state index is 0.725. The van der Waals surface area contributed by atoms with Crippen molar-refractivity contribution in [2.24, 2.45) is 0 Å². The van der Waals surface area contributed by atoms with Crippen LogP contribution in [0.2, 0.25) is 0 Å². The molecular weight excluding hydrogens is 240 g/mol. The summed E-state index contributed by atoms with van der Waals surface area (Å²) in [5.41, 5.74) is 1.68. The van der Waals surface area contributed by atoms with Crippen LogP contribution in [0.25, 0.3) is 22.1 Å². The Morgan fingerprint density at radius 1 is 0.947 bits per heavy atom. The third-order valence-corrected chi connectivity index (χ3v) is 2.81. The van der Waals surface area contributed by atoms with E-state index in [1.807, 2.05) is 36.5 Å². The normalized spacial score (nSPS) is 10.3. The van der Waals surface area contributed by atoms with Gasteiger partial charge in [0.1, 0.15) is 11.8 Å². The van der Waals surface area contributed by atoms with Crippen molar-refractivity contribution < 1.29 is 9.94 Å². The maximum absolute atomic E-state index is 9.15. The topological polar surface area (TPSA) is 68.6 Å². The van der Waals surface area contributed by atoms with Gasteiger partial charge in [-0.15, -0.1) is 0 Å². The molecule has 0 aliphatic rings. The summed E-state index contributed by atoms with van der Waals surface area (Å²) in [6.45, 7) is 0. The fraction of sp³-hybridized carbons (Fsp3) is 0. The smallest absolute Gasteiger partial charge is 0.325 e. The molecule has 0 atom stereocenters. The molecule has 5 heteroatoms. The number of hydrogen-bond acceptors (Lipinski definition) is 2. The van der Waals surface area contributed by atoms with Gasteiger partial charge in [-0.3, -0.25) is 0 Å². The quantitative estimate of drug-likeness (QED) is 0.332. The van der Waals surface area contributed by atoms with Gasteiger partial charge in [0.05, 0.1) is 11.6 Å². The molecule has 0 unspecified atom stereocenters. The molecule has 3 N–H and O–H groups in total. The highest BCUT2D eigenvalue weighted by atomic mass is 16.5. The van der Waals surface area contributed by atoms with Crippen LogP contribution in [0.1, 0.15) is 0 Å². The van der Waals surface area contributed by atoms with Crippen molar-refractivity contribution in [1.29, 1.82) is 0 Å². The second-order valence-corrected chi connectivity index (χ2v) is 4.05. The molecule has 0 saturated carbocycles. The Labute approximate surface area is 109 Å². The number of H-pyrrole nitrogens is 2. The van der Waals surface area contributed by atoms with Crippen LogP contribution < -0.4 is 4.73 Å². The molecule has 0 fully saturated rings. The van der Waals surface area contributed by atoms with E-state index < -0.39 is 0 Å². The van der Waals surface area contributed by atoms with Gasteiger partial charge in [0, 0.05) is 17.8 Å². The fourth-order valence-corrected chi connectivity index (χ4v) is 1.89. The Balaban J connectivity index is 0.000000117. The Bertz CT molecular complexity index is 773. The molecule has 0 radical (unpaired) electrons. The zero-order chi connectivity index (χ0) is 13.1. The van der Waals surface area contributed by atoms with Crippen LogP contribution in [0.3, 0.4) is 0 Å². The Hall–Kier alpha value is -2.82. The largest absolute Gasteiger partial charge is 0.350 e. The Kier molecular flexibility index (Phi) is 2.86. The van der Waals surface area contributed by atoms with Crippen molar-refractivity contribution in [2.75, 3.05) is 0 Å². The number of aromatic nitrogens is 4. The van der Waals surface area contributed by atoms with Gasteiger partial charge in [0.2, 0.25) is 0 Å². The zero-order valence-corrected chi connectivity index (χ0v) is 10.1. The number of fused-ring (bicyclic) bond motifs is 2. The highest BCUT2D eigenvalue weighted by molar-refractivity contribution is 5.74. The summed E-state index contributed by atoms with van der Waals surface area (Å²) in [5.74, 6) is 0. The maximum atomic E-state index is 9.15. The fourth-order valence-electron chi connectivity index (χ4n) is 1.89. The second kappa shape index (κ2) is 4.81. The lowest BCUT2D eigenvalue weighted by Crippen LogP contribution is -2.29. The van der Waals surface area contributed by atoms with Gasteiger partial charge >= 0.3 is 5.65 Å². The molecule has 4 aromatic rings. The minimum Gasteiger partial charge on any atom is -0.350 e. The van der Waals surface area contributed by atoms with Crippen molar-refractivity contribution in [3.63, 3.8) is 0 Å². The van der Waals surface area contributed by atoms with Gasteiger partial charge in [-0.25, -0.2) is 9.97 Å². The lowest BCUT2D eigenvalue weighted by Gasteiger charge is -1.86. The molecule has 19 heavy (non-hydrogen) atoms. The van der Waals surface area contributed by atoms with Crippen LogP contribution in [0.5, 0.6) is 0 Å². The molecule has 0 saturated heterocycles. The van der Waals surface area contributed by atoms with Crippen LogP contribution in [-0.2, 0) is 0 Å². The first-order chi connectivity index (χ1) is 9.34. The lowest BCUT2D eigenvalue weighted by molar-refractivity contribution is -0.885. The highest BCUT2D eigenvalue weighted by Gasteiger charge is 2.03. The number of hydrogen-bond donors (Lipinski definition) is 3. The molecule has 94 valence electrons. The number of pyridine rings is 2. The minimum absolute atomic E-state index is 0.725. The number of rotatable bonds is 0. The molecule has 0 aliphatic heterocycles. The maximum Gasteiger partial charge on any atom is 0.325 e. The predicted molar refractivity (Wildman–Crippen MR) is 71.8 cm³/mol. The summed E-state index contributed by atoms with van der Waals surface area (Å²) >= 11 is 0.